The average Bonchev–Trinajstić information content (AvgIpc) is 1.81. The van der Waals surface area contributed by atoms with Crippen LogP contribution in [0.5, 0.6) is 0 Å². The van der Waals surface area contributed by atoms with Crippen molar-refractivity contribution in [2.75, 3.05) is 0 Å². The third-order valence-electron chi connectivity index (χ3n) is 0.857. The van der Waals surface area contributed by atoms with Crippen molar-refractivity contribution in [1.82, 2.24) is 4.72 Å². The molecule has 0 bridgehead atoms. The average molecular weight is 212 g/mol. The molecule has 1 atom stereocenters. The topological polar surface area (TPSA) is 136 Å². The van der Waals surface area contributed by atoms with Gasteiger partial charge < -0.3 is 9.84 Å². The van der Waals surface area contributed by atoms with Gasteiger partial charge in [-0.15, -0.1) is 0 Å². The molecule has 0 rings (SSSR count). The van der Waals surface area contributed by atoms with E-state index in [1.54, 1.807) is 0 Å². The van der Waals surface area contributed by atoms with Crippen LogP contribution in [-0.2, 0) is 19.7 Å². The van der Waals surface area contributed by atoms with Crippen LogP contribution in [-0.4, -0.2) is 31.7 Å². The summed E-state index contributed by atoms with van der Waals surface area (Å²) in [6.07, 6.45) is -2.88. The summed E-state index contributed by atoms with van der Waals surface area (Å²) in [6, 6.07) is 0. The quantitative estimate of drug-likeness (QED) is 0.514. The Balaban J connectivity index is 4.11. The summed E-state index contributed by atoms with van der Waals surface area (Å²) >= 11 is 0. The lowest BCUT2D eigenvalue weighted by Gasteiger charge is -2.07. The van der Waals surface area contributed by atoms with Crippen molar-refractivity contribution in [3.63, 3.8) is 0 Å². The van der Waals surface area contributed by atoms with Crippen molar-refractivity contribution < 1.29 is 27.9 Å². The molecule has 1 amide bonds. The van der Waals surface area contributed by atoms with Gasteiger partial charge in [-0.1, -0.05) is 0 Å². The molecule has 0 heterocycles. The minimum absolute atomic E-state index is 1.06. The second-order valence-electron chi connectivity index (χ2n) is 2.03. The minimum atomic E-state index is -4.21. The highest BCUT2D eigenvalue weighted by molar-refractivity contribution is 7.87. The van der Waals surface area contributed by atoms with Crippen LogP contribution in [0.25, 0.3) is 0 Å². The van der Waals surface area contributed by atoms with E-state index >= 15 is 0 Å². The van der Waals surface area contributed by atoms with Crippen LogP contribution < -0.4 is 9.86 Å². The molecule has 0 saturated carbocycles. The van der Waals surface area contributed by atoms with Crippen molar-refractivity contribution in [3.8, 4) is 0 Å². The van der Waals surface area contributed by atoms with Crippen LogP contribution >= 0.6 is 0 Å². The minimum Gasteiger partial charge on any atom is -0.479 e. The summed E-state index contributed by atoms with van der Waals surface area (Å²) in [5.74, 6) is -1.40. The largest absolute Gasteiger partial charge is 0.479 e. The molecule has 13 heavy (non-hydrogen) atoms. The molecule has 0 fully saturated rings. The van der Waals surface area contributed by atoms with Crippen molar-refractivity contribution in [3.05, 3.63) is 0 Å². The number of carboxylic acid groups (broad SMARTS) is 1. The number of aliphatic carboxylic acids is 1. The molecular formula is C4H8N2O6S. The van der Waals surface area contributed by atoms with E-state index in [0.29, 0.717) is 0 Å². The van der Waals surface area contributed by atoms with Gasteiger partial charge in [-0.2, -0.15) is 8.42 Å². The molecule has 76 valence electrons. The van der Waals surface area contributed by atoms with E-state index in [0.717, 1.165) is 6.92 Å². The number of rotatable bonds is 3. The van der Waals surface area contributed by atoms with Gasteiger partial charge in [0.15, 0.2) is 6.10 Å². The normalized spacial score (nSPS) is 13.1. The Kier molecular flexibility index (Phi) is 3.63. The van der Waals surface area contributed by atoms with Gasteiger partial charge in [0.1, 0.15) is 0 Å². The Morgan fingerprint density at radius 3 is 2.31 bits per heavy atom. The first-order chi connectivity index (χ1) is 5.72. The Hall–Kier alpha value is -1.35. The fourth-order valence-electron chi connectivity index (χ4n) is 0.351. The molecule has 0 aromatic heterocycles. The highest BCUT2D eigenvalue weighted by Gasteiger charge is 2.18. The zero-order chi connectivity index (χ0) is 10.6. The van der Waals surface area contributed by atoms with E-state index in [2.05, 4.69) is 9.88 Å². The van der Waals surface area contributed by atoms with Crippen LogP contribution in [0, 0.1) is 0 Å². The number of hydrogen-bond donors (Lipinski definition) is 3. The molecule has 4 N–H and O–H groups in total. The van der Waals surface area contributed by atoms with E-state index in [4.69, 9.17) is 5.11 Å². The molecule has 0 aromatic carbocycles. The number of carboxylic acids is 1. The van der Waals surface area contributed by atoms with E-state index in [1.165, 1.54) is 4.72 Å². The molecule has 8 nitrogen and oxygen atoms in total. The summed E-state index contributed by atoms with van der Waals surface area (Å²) in [4.78, 5) is 20.6. The third kappa shape index (κ3) is 5.87. The van der Waals surface area contributed by atoms with Gasteiger partial charge in [-0.3, -0.25) is 0 Å². The summed E-state index contributed by atoms with van der Waals surface area (Å²) in [6.45, 7) is 1.06. The van der Waals surface area contributed by atoms with Gasteiger partial charge in [0, 0.05) is 0 Å². The molecule has 9 heteroatoms. The third-order valence-corrected chi connectivity index (χ3v) is 1.31. The van der Waals surface area contributed by atoms with Crippen molar-refractivity contribution >= 4 is 22.3 Å². The highest BCUT2D eigenvalue weighted by atomic mass is 32.2. The van der Waals surface area contributed by atoms with Crippen molar-refractivity contribution in [1.29, 1.82) is 0 Å². The van der Waals surface area contributed by atoms with Crippen LogP contribution in [0.1, 0.15) is 6.92 Å². The monoisotopic (exact) mass is 212 g/mol. The van der Waals surface area contributed by atoms with Crippen molar-refractivity contribution in [2.45, 2.75) is 13.0 Å². The Labute approximate surface area is 73.9 Å². The van der Waals surface area contributed by atoms with Crippen LogP contribution in [0.2, 0.25) is 0 Å². The first-order valence-electron chi connectivity index (χ1n) is 2.96. The molecule has 0 spiro atoms. The molecule has 1 unspecified atom stereocenters. The van der Waals surface area contributed by atoms with E-state index in [9.17, 15) is 18.0 Å². The number of hydrogen-bond acceptors (Lipinski definition) is 5. The second-order valence-corrected chi connectivity index (χ2v) is 3.33. The highest BCUT2D eigenvalue weighted by Crippen LogP contribution is 1.91. The molecular weight excluding hydrogens is 204 g/mol. The van der Waals surface area contributed by atoms with Crippen LogP contribution in [0.4, 0.5) is 4.79 Å². The first-order valence-corrected chi connectivity index (χ1v) is 4.51. The molecule has 0 radical (unpaired) electrons. The van der Waals surface area contributed by atoms with Crippen LogP contribution in [0.15, 0.2) is 0 Å². The maximum atomic E-state index is 10.5. The number of carbonyl (C=O) groups is 2. The maximum absolute atomic E-state index is 10.5. The maximum Gasteiger partial charge on any atom is 0.422 e. The lowest BCUT2D eigenvalue weighted by atomic mass is 10.4. The lowest BCUT2D eigenvalue weighted by molar-refractivity contribution is -0.145. The number of amides is 1. The number of carbonyl (C=O) groups excluding carboxylic acids is 1. The Morgan fingerprint density at radius 2 is 2.00 bits per heavy atom. The van der Waals surface area contributed by atoms with Crippen molar-refractivity contribution in [2.24, 2.45) is 5.14 Å². The Morgan fingerprint density at radius 1 is 1.54 bits per heavy atom. The SMILES string of the molecule is CC(OC(=O)NS(N)(=O)=O)C(=O)O. The summed E-state index contributed by atoms with van der Waals surface area (Å²) in [5, 5.41) is 12.6. The number of nitrogens with two attached hydrogens (primary N) is 1. The summed E-state index contributed by atoms with van der Waals surface area (Å²) in [5.41, 5.74) is 0. The van der Waals surface area contributed by atoms with Gasteiger partial charge in [0.05, 0.1) is 0 Å². The Bertz CT molecular complexity index is 309. The molecule has 0 aromatic rings. The predicted molar refractivity (Wildman–Crippen MR) is 39.8 cm³/mol. The molecule has 0 aliphatic rings. The van der Waals surface area contributed by atoms with Gasteiger partial charge in [-0.05, 0) is 6.92 Å². The fourth-order valence-corrected chi connectivity index (χ4v) is 0.632. The first kappa shape index (κ1) is 11.6. The number of ether oxygens (including phenoxy) is 1. The summed E-state index contributed by atoms with van der Waals surface area (Å²) < 4.78 is 25.7. The zero-order valence-electron chi connectivity index (χ0n) is 6.55. The smallest absolute Gasteiger partial charge is 0.422 e. The van der Waals surface area contributed by atoms with Gasteiger partial charge in [-0.25, -0.2) is 19.5 Å². The lowest BCUT2D eigenvalue weighted by Crippen LogP contribution is -2.39. The number of nitrogens with one attached hydrogen (secondary N) is 1. The van der Waals surface area contributed by atoms with Gasteiger partial charge in [0.2, 0.25) is 0 Å². The standard InChI is InChI=1S/C4H8N2O6S/c1-2(3(7)8)12-4(9)6-13(5,10)11/h2H,1H3,(H,6,9)(H,7,8)(H2,5,10,11). The summed E-state index contributed by atoms with van der Waals surface area (Å²) in [7, 11) is -4.21. The molecule has 0 aliphatic heterocycles. The molecule has 0 aliphatic carbocycles. The van der Waals surface area contributed by atoms with Gasteiger partial charge in [0.25, 0.3) is 0 Å². The molecule has 0 saturated heterocycles. The van der Waals surface area contributed by atoms with E-state index in [1.807, 2.05) is 0 Å². The predicted octanol–water partition coefficient (Wildman–Crippen LogP) is -1.61. The van der Waals surface area contributed by atoms with E-state index < -0.39 is 28.4 Å². The second kappa shape index (κ2) is 4.05. The zero-order valence-corrected chi connectivity index (χ0v) is 7.37. The van der Waals surface area contributed by atoms with Crippen LogP contribution in [0.3, 0.4) is 0 Å². The van der Waals surface area contributed by atoms with Gasteiger partial charge >= 0.3 is 22.3 Å². The van der Waals surface area contributed by atoms with E-state index in [-0.39, 0.29) is 0 Å². The fraction of sp³-hybridized carbons (Fsp3) is 0.500.